The molecule has 1 aliphatic heterocycles. The molecule has 0 bridgehead atoms. The third kappa shape index (κ3) is 2.46. The maximum Gasteiger partial charge on any atom is 0.150 e. The monoisotopic (exact) mass is 311 g/mol. The average molecular weight is 311 g/mol. The summed E-state index contributed by atoms with van der Waals surface area (Å²) in [7, 11) is 0. The third-order valence-corrected chi connectivity index (χ3v) is 4.83. The van der Waals surface area contributed by atoms with Crippen LogP contribution < -0.4 is 4.90 Å². The first-order valence-corrected chi connectivity index (χ1v) is 8.32. The molecule has 3 aromatic rings. The number of aromatic nitrogens is 2. The van der Waals surface area contributed by atoms with Crippen LogP contribution in [0.5, 0.6) is 0 Å². The molecule has 1 saturated heterocycles. The highest BCUT2D eigenvalue weighted by Crippen LogP contribution is 2.32. The lowest BCUT2D eigenvalue weighted by Gasteiger charge is -2.34. The minimum Gasteiger partial charge on any atom is -0.370 e. The van der Waals surface area contributed by atoms with E-state index >= 15 is 0 Å². The molecular formula is C17H17N3OS. The molecule has 1 fully saturated rings. The molecule has 1 aromatic carbocycles. The van der Waals surface area contributed by atoms with E-state index in [1.54, 1.807) is 11.3 Å². The van der Waals surface area contributed by atoms with Crippen LogP contribution in [0.2, 0.25) is 0 Å². The Balaban J connectivity index is 1.68. The molecular weight excluding hydrogens is 294 g/mol. The maximum absolute atomic E-state index is 5.96. The fourth-order valence-corrected chi connectivity index (χ4v) is 3.73. The Hall–Kier alpha value is -1.98. The van der Waals surface area contributed by atoms with Crippen LogP contribution in [0.1, 0.15) is 17.5 Å². The van der Waals surface area contributed by atoms with Gasteiger partial charge in [0.15, 0.2) is 5.82 Å². The fraction of sp³-hybridized carbons (Fsp3) is 0.294. The van der Waals surface area contributed by atoms with Gasteiger partial charge in [-0.05, 0) is 23.9 Å². The highest BCUT2D eigenvalue weighted by molar-refractivity contribution is 7.17. The van der Waals surface area contributed by atoms with Crippen molar-refractivity contribution in [1.82, 2.24) is 9.97 Å². The number of anilines is 1. The molecule has 3 heterocycles. The number of benzene rings is 1. The van der Waals surface area contributed by atoms with Crippen LogP contribution in [0, 0.1) is 6.92 Å². The summed E-state index contributed by atoms with van der Waals surface area (Å²) in [5, 5.41) is 2.08. The van der Waals surface area contributed by atoms with Crippen LogP contribution in [0.4, 0.5) is 5.82 Å². The van der Waals surface area contributed by atoms with Gasteiger partial charge in [-0.15, -0.1) is 11.3 Å². The second kappa shape index (κ2) is 5.66. The largest absolute Gasteiger partial charge is 0.370 e. The van der Waals surface area contributed by atoms with Gasteiger partial charge in [-0.25, -0.2) is 9.97 Å². The molecule has 4 rings (SSSR count). The number of morpholine rings is 1. The van der Waals surface area contributed by atoms with Crippen molar-refractivity contribution < 1.29 is 4.74 Å². The Bertz CT molecular complexity index is 787. The lowest BCUT2D eigenvalue weighted by Crippen LogP contribution is -2.39. The van der Waals surface area contributed by atoms with Gasteiger partial charge in [0.05, 0.1) is 16.8 Å². The van der Waals surface area contributed by atoms with E-state index in [0.717, 1.165) is 36.9 Å². The molecule has 0 saturated carbocycles. The predicted octanol–water partition coefficient (Wildman–Crippen LogP) is 3.58. The van der Waals surface area contributed by atoms with Gasteiger partial charge in [0.2, 0.25) is 0 Å². The second-order valence-corrected chi connectivity index (χ2v) is 6.36. The first-order valence-electron chi connectivity index (χ1n) is 7.44. The highest BCUT2D eigenvalue weighted by Gasteiger charge is 2.24. The number of aryl methyl sites for hydroxylation is 1. The van der Waals surface area contributed by atoms with E-state index in [4.69, 9.17) is 9.72 Å². The summed E-state index contributed by atoms with van der Waals surface area (Å²) in [6.07, 6.45) is 0.0974. The smallest absolute Gasteiger partial charge is 0.150 e. The zero-order valence-electron chi connectivity index (χ0n) is 12.4. The molecule has 4 nitrogen and oxygen atoms in total. The Morgan fingerprint density at radius 2 is 2.05 bits per heavy atom. The van der Waals surface area contributed by atoms with Crippen molar-refractivity contribution in [2.75, 3.05) is 24.6 Å². The van der Waals surface area contributed by atoms with E-state index in [1.165, 1.54) is 10.3 Å². The Morgan fingerprint density at radius 1 is 1.18 bits per heavy atom. The van der Waals surface area contributed by atoms with Gasteiger partial charge in [-0.1, -0.05) is 30.3 Å². The van der Waals surface area contributed by atoms with Gasteiger partial charge < -0.3 is 9.64 Å². The zero-order chi connectivity index (χ0) is 14.9. The summed E-state index contributed by atoms with van der Waals surface area (Å²) < 4.78 is 7.12. The molecule has 0 radical (unpaired) electrons. The fourth-order valence-electron chi connectivity index (χ4n) is 2.89. The Morgan fingerprint density at radius 3 is 2.91 bits per heavy atom. The topological polar surface area (TPSA) is 38.2 Å². The van der Waals surface area contributed by atoms with Crippen molar-refractivity contribution in [3.8, 4) is 0 Å². The first-order chi connectivity index (χ1) is 10.8. The van der Waals surface area contributed by atoms with Crippen molar-refractivity contribution in [3.05, 3.63) is 53.2 Å². The summed E-state index contributed by atoms with van der Waals surface area (Å²) in [5.74, 6) is 1.87. The van der Waals surface area contributed by atoms with E-state index in [0.29, 0.717) is 0 Å². The van der Waals surface area contributed by atoms with Crippen molar-refractivity contribution in [2.45, 2.75) is 13.0 Å². The minimum absolute atomic E-state index is 0.0974. The molecule has 1 atom stereocenters. The molecule has 112 valence electrons. The number of thiophene rings is 1. The molecule has 1 unspecified atom stereocenters. The van der Waals surface area contributed by atoms with Crippen LogP contribution in [0.3, 0.4) is 0 Å². The van der Waals surface area contributed by atoms with Gasteiger partial charge >= 0.3 is 0 Å². The number of hydrogen-bond donors (Lipinski definition) is 0. The molecule has 1 aliphatic rings. The van der Waals surface area contributed by atoms with Gasteiger partial charge in [-0.3, -0.25) is 0 Å². The SMILES string of the molecule is Cc1nc(N2CCOC(c3ccccc3)C2)c2sccc2n1. The highest BCUT2D eigenvalue weighted by atomic mass is 32.1. The van der Waals surface area contributed by atoms with Crippen LogP contribution in [0.25, 0.3) is 10.2 Å². The van der Waals surface area contributed by atoms with Gasteiger partial charge in [-0.2, -0.15) is 0 Å². The van der Waals surface area contributed by atoms with Gasteiger partial charge in [0.1, 0.15) is 11.9 Å². The number of ether oxygens (including phenoxy) is 1. The van der Waals surface area contributed by atoms with Crippen molar-refractivity contribution in [2.24, 2.45) is 0 Å². The number of rotatable bonds is 2. The molecule has 5 heteroatoms. The summed E-state index contributed by atoms with van der Waals surface area (Å²) >= 11 is 1.71. The van der Waals surface area contributed by atoms with Gasteiger partial charge in [0.25, 0.3) is 0 Å². The molecule has 2 aromatic heterocycles. The molecule has 0 spiro atoms. The van der Waals surface area contributed by atoms with Gasteiger partial charge in [0, 0.05) is 13.1 Å². The Kier molecular flexibility index (Phi) is 3.52. The van der Waals surface area contributed by atoms with Crippen LogP contribution in [-0.2, 0) is 4.74 Å². The molecule has 22 heavy (non-hydrogen) atoms. The predicted molar refractivity (Wildman–Crippen MR) is 89.5 cm³/mol. The van der Waals surface area contributed by atoms with Crippen molar-refractivity contribution in [3.63, 3.8) is 0 Å². The first kappa shape index (κ1) is 13.7. The maximum atomic E-state index is 5.96. The average Bonchev–Trinajstić information content (AvgIpc) is 3.03. The minimum atomic E-state index is 0.0974. The number of fused-ring (bicyclic) bond motifs is 1. The third-order valence-electron chi connectivity index (χ3n) is 3.93. The van der Waals surface area contributed by atoms with E-state index in [-0.39, 0.29) is 6.10 Å². The van der Waals surface area contributed by atoms with E-state index < -0.39 is 0 Å². The summed E-state index contributed by atoms with van der Waals surface area (Å²) in [6, 6.07) is 12.5. The molecule has 0 N–H and O–H groups in total. The number of hydrogen-bond acceptors (Lipinski definition) is 5. The Labute approximate surface area is 133 Å². The van der Waals surface area contributed by atoms with Crippen LogP contribution in [0.15, 0.2) is 41.8 Å². The van der Waals surface area contributed by atoms with E-state index in [9.17, 15) is 0 Å². The summed E-state index contributed by atoms with van der Waals surface area (Å²) in [4.78, 5) is 11.5. The normalized spacial score (nSPS) is 18.8. The van der Waals surface area contributed by atoms with E-state index in [2.05, 4.69) is 45.6 Å². The second-order valence-electron chi connectivity index (χ2n) is 5.45. The standard InChI is InChI=1S/C17H17N3OS/c1-12-18-14-7-10-22-16(14)17(19-12)20-8-9-21-15(11-20)13-5-3-2-4-6-13/h2-7,10,15H,8-9,11H2,1H3. The van der Waals surface area contributed by atoms with E-state index in [1.807, 2.05) is 13.0 Å². The lowest BCUT2D eigenvalue weighted by atomic mass is 10.1. The quantitative estimate of drug-likeness (QED) is 0.725. The summed E-state index contributed by atoms with van der Waals surface area (Å²) in [5.41, 5.74) is 2.26. The number of nitrogens with zero attached hydrogens (tertiary/aromatic N) is 3. The zero-order valence-corrected chi connectivity index (χ0v) is 13.2. The molecule has 0 aliphatic carbocycles. The summed E-state index contributed by atoms with van der Waals surface area (Å²) in [6.45, 7) is 4.37. The van der Waals surface area contributed by atoms with Crippen molar-refractivity contribution >= 4 is 27.4 Å². The van der Waals surface area contributed by atoms with Crippen molar-refractivity contribution in [1.29, 1.82) is 0 Å². The molecule has 0 amide bonds. The lowest BCUT2D eigenvalue weighted by molar-refractivity contribution is 0.0396. The van der Waals surface area contributed by atoms with Crippen LogP contribution >= 0.6 is 11.3 Å². The van der Waals surface area contributed by atoms with Crippen LogP contribution in [-0.4, -0.2) is 29.7 Å².